The predicted molar refractivity (Wildman–Crippen MR) is 135 cm³/mol. The van der Waals surface area contributed by atoms with E-state index in [0.29, 0.717) is 22.3 Å². The van der Waals surface area contributed by atoms with Crippen LogP contribution >= 0.6 is 11.8 Å². The van der Waals surface area contributed by atoms with Gasteiger partial charge in [-0.1, -0.05) is 37.3 Å². The van der Waals surface area contributed by atoms with Gasteiger partial charge in [-0.05, 0) is 54.1 Å². The van der Waals surface area contributed by atoms with E-state index in [4.69, 9.17) is 9.83 Å². The van der Waals surface area contributed by atoms with Gasteiger partial charge in [0.25, 0.3) is 11.6 Å². The number of hydrazone groups is 1. The Morgan fingerprint density at radius 1 is 1.14 bits per heavy atom. The number of benzene rings is 2. The molecule has 0 saturated heterocycles. The largest absolute Gasteiger partial charge is 0.457 e. The lowest BCUT2D eigenvalue weighted by molar-refractivity contribution is -0.384. The van der Waals surface area contributed by atoms with E-state index in [1.807, 2.05) is 30.3 Å². The second kappa shape index (κ2) is 9.15. The van der Waals surface area contributed by atoms with Crippen molar-refractivity contribution in [1.29, 1.82) is 5.41 Å². The number of nitrogens with one attached hydrogen (secondary N) is 1. The smallest absolute Gasteiger partial charge is 0.283 e. The molecule has 0 radical (unpaired) electrons. The zero-order chi connectivity index (χ0) is 24.5. The fourth-order valence-corrected chi connectivity index (χ4v) is 4.96. The Bertz CT molecular complexity index is 1420. The summed E-state index contributed by atoms with van der Waals surface area (Å²) >= 11 is 1.31. The summed E-state index contributed by atoms with van der Waals surface area (Å²) in [5.74, 6) is 0.275. The molecule has 1 N–H and O–H groups in total. The summed E-state index contributed by atoms with van der Waals surface area (Å²) in [7, 11) is 0. The molecule has 1 aromatic heterocycles. The van der Waals surface area contributed by atoms with Crippen LogP contribution in [0.5, 0.6) is 0 Å². The molecule has 0 fully saturated rings. The second-order valence-electron chi connectivity index (χ2n) is 7.84. The number of non-ortho nitro benzene ring substituents is 1. The molecule has 0 spiro atoms. The van der Waals surface area contributed by atoms with Crippen LogP contribution in [0.2, 0.25) is 0 Å². The fraction of sp³-hybridized carbons (Fsp3) is 0.120. The van der Waals surface area contributed by atoms with Crippen LogP contribution in [0.15, 0.2) is 86.8 Å². The third-order valence-electron chi connectivity index (χ3n) is 5.65. The number of nitro groups is 1. The molecule has 0 bridgehead atoms. The molecule has 174 valence electrons. The first-order valence-corrected chi connectivity index (χ1v) is 11.7. The fourth-order valence-electron chi connectivity index (χ4n) is 3.86. The highest BCUT2D eigenvalue weighted by Gasteiger charge is 2.37. The minimum atomic E-state index is -0.536. The summed E-state index contributed by atoms with van der Waals surface area (Å²) < 4.78 is 5.81. The molecular weight excluding hydrogens is 466 g/mol. The van der Waals surface area contributed by atoms with Crippen LogP contribution in [0.25, 0.3) is 17.4 Å². The van der Waals surface area contributed by atoms with Crippen molar-refractivity contribution in [3.8, 4) is 11.3 Å². The number of nitrogens with zero attached hydrogens (tertiary/aromatic N) is 4. The van der Waals surface area contributed by atoms with Crippen LogP contribution < -0.4 is 0 Å². The van der Waals surface area contributed by atoms with Crippen molar-refractivity contribution in [2.45, 2.75) is 19.3 Å². The molecule has 1 amide bonds. The van der Waals surface area contributed by atoms with Crippen LogP contribution in [-0.4, -0.2) is 31.9 Å². The summed E-state index contributed by atoms with van der Waals surface area (Å²) in [6, 6.07) is 19.3. The monoisotopic (exact) mass is 485 g/mol. The Hall–Kier alpha value is -4.31. The van der Waals surface area contributed by atoms with Gasteiger partial charge in [0, 0.05) is 23.6 Å². The highest BCUT2D eigenvalue weighted by Crippen LogP contribution is 2.36. The van der Waals surface area contributed by atoms with E-state index < -0.39 is 10.8 Å². The molecule has 2 aliphatic rings. The van der Waals surface area contributed by atoms with E-state index in [9.17, 15) is 14.9 Å². The molecule has 1 atom stereocenters. The summed E-state index contributed by atoms with van der Waals surface area (Å²) in [6.07, 6.45) is 2.28. The van der Waals surface area contributed by atoms with Gasteiger partial charge >= 0.3 is 0 Å². The Morgan fingerprint density at radius 2 is 1.89 bits per heavy atom. The van der Waals surface area contributed by atoms with E-state index in [0.717, 1.165) is 17.0 Å². The molecule has 2 aliphatic heterocycles. The maximum Gasteiger partial charge on any atom is 0.283 e. The van der Waals surface area contributed by atoms with Crippen LogP contribution in [0.4, 0.5) is 5.69 Å². The quantitative estimate of drug-likeness (QED) is 0.272. The minimum absolute atomic E-state index is 0.0152. The van der Waals surface area contributed by atoms with Crippen molar-refractivity contribution in [3.63, 3.8) is 0 Å². The summed E-state index contributed by atoms with van der Waals surface area (Å²) in [6.45, 7) is 2.07. The normalized spacial score (nSPS) is 17.3. The predicted octanol–water partition coefficient (Wildman–Crippen LogP) is 5.67. The number of carbonyl (C=O) groups excluding carboxylic acids is 1. The lowest BCUT2D eigenvalue weighted by Gasteiger charge is -2.19. The van der Waals surface area contributed by atoms with E-state index in [1.165, 1.54) is 35.0 Å². The summed E-state index contributed by atoms with van der Waals surface area (Å²) in [5, 5.41) is 26.6. The molecule has 9 nitrogen and oxygen atoms in total. The number of hydrogen-bond donors (Lipinski definition) is 1. The molecule has 5 rings (SSSR count). The molecule has 0 saturated carbocycles. The highest BCUT2D eigenvalue weighted by atomic mass is 32.2. The van der Waals surface area contributed by atoms with E-state index in [2.05, 4.69) is 17.0 Å². The molecule has 1 unspecified atom stereocenters. The van der Waals surface area contributed by atoms with Crippen LogP contribution in [0, 0.1) is 15.5 Å². The van der Waals surface area contributed by atoms with Crippen molar-refractivity contribution in [2.75, 3.05) is 0 Å². The number of amides is 1. The lowest BCUT2D eigenvalue weighted by atomic mass is 9.98. The van der Waals surface area contributed by atoms with Gasteiger partial charge in [-0.3, -0.25) is 20.3 Å². The van der Waals surface area contributed by atoms with Crippen LogP contribution in [0.1, 0.15) is 30.6 Å². The van der Waals surface area contributed by atoms with Gasteiger partial charge in [0.2, 0.25) is 5.17 Å². The molecule has 2 aromatic carbocycles. The number of carbonyl (C=O) groups is 1. The van der Waals surface area contributed by atoms with E-state index >= 15 is 0 Å². The zero-order valence-corrected chi connectivity index (χ0v) is 19.4. The average molecular weight is 486 g/mol. The maximum atomic E-state index is 12.8. The SMILES string of the molecule is CCC(C1=NN2C(=N)/C(=C\c3ccc(-c4ccc([N+](=O)[O-])cc4)o3)C(=O)N=C2S1)c1ccccc1. The van der Waals surface area contributed by atoms with Crippen molar-refractivity contribution in [1.82, 2.24) is 5.01 Å². The highest BCUT2D eigenvalue weighted by molar-refractivity contribution is 8.27. The molecule has 3 aromatic rings. The molecule has 3 heterocycles. The topological polar surface area (TPSA) is 125 Å². The third kappa shape index (κ3) is 4.31. The molecule has 0 aliphatic carbocycles. The summed E-state index contributed by atoms with van der Waals surface area (Å²) in [4.78, 5) is 27.3. The average Bonchev–Trinajstić information content (AvgIpc) is 3.50. The lowest BCUT2D eigenvalue weighted by Crippen LogP contribution is -2.35. The number of thioether (sulfide) groups is 1. The molecule has 10 heteroatoms. The van der Waals surface area contributed by atoms with Crippen molar-refractivity contribution < 1.29 is 14.1 Å². The van der Waals surface area contributed by atoms with Gasteiger partial charge in [-0.15, -0.1) is 0 Å². The zero-order valence-electron chi connectivity index (χ0n) is 18.5. The number of aliphatic imine (C=N–C) groups is 1. The Morgan fingerprint density at radius 3 is 2.57 bits per heavy atom. The van der Waals surface area contributed by atoms with Gasteiger partial charge in [0.15, 0.2) is 5.84 Å². The number of amidine groups is 2. The van der Waals surface area contributed by atoms with Crippen molar-refractivity contribution >= 4 is 45.5 Å². The third-order valence-corrected chi connectivity index (χ3v) is 6.68. The van der Waals surface area contributed by atoms with Crippen molar-refractivity contribution in [3.05, 3.63) is 93.7 Å². The van der Waals surface area contributed by atoms with Gasteiger partial charge in [-0.2, -0.15) is 15.1 Å². The first kappa shape index (κ1) is 22.5. The van der Waals surface area contributed by atoms with Gasteiger partial charge in [-0.25, -0.2) is 0 Å². The van der Waals surface area contributed by atoms with Gasteiger partial charge < -0.3 is 4.42 Å². The Kier molecular flexibility index (Phi) is 5.87. The van der Waals surface area contributed by atoms with E-state index in [1.54, 1.807) is 24.3 Å². The molecule has 35 heavy (non-hydrogen) atoms. The molecular formula is C25H19N5O4S. The first-order chi connectivity index (χ1) is 16.9. The second-order valence-corrected chi connectivity index (χ2v) is 8.82. The van der Waals surface area contributed by atoms with Crippen LogP contribution in [-0.2, 0) is 4.79 Å². The summed E-state index contributed by atoms with van der Waals surface area (Å²) in [5.41, 5.74) is 1.82. The standard InChI is InChI=1S/C25H19N5O4S/c1-2-19(15-6-4-3-5-7-15)24-28-29-22(26)20(23(31)27-25(29)35-24)14-18-12-13-21(34-18)16-8-10-17(11-9-16)30(32)33/h3-14,19,26H,2H2,1H3/b20-14+,26-22?. The number of furan rings is 1. The van der Waals surface area contributed by atoms with Gasteiger partial charge in [0.05, 0.1) is 10.5 Å². The van der Waals surface area contributed by atoms with Crippen LogP contribution in [0.3, 0.4) is 0 Å². The number of nitro benzene ring substituents is 1. The maximum absolute atomic E-state index is 12.8. The first-order valence-electron chi connectivity index (χ1n) is 10.8. The van der Waals surface area contributed by atoms with E-state index in [-0.39, 0.29) is 23.0 Å². The number of fused-ring (bicyclic) bond motifs is 1. The van der Waals surface area contributed by atoms with Crippen molar-refractivity contribution in [2.24, 2.45) is 10.1 Å². The Balaban J connectivity index is 1.40. The number of rotatable bonds is 6. The minimum Gasteiger partial charge on any atom is -0.457 e. The van der Waals surface area contributed by atoms with Gasteiger partial charge in [0.1, 0.15) is 16.6 Å². The number of hydrogen-bond acceptors (Lipinski definition) is 7. The Labute approximate surface area is 204 Å².